The molecule has 2 aromatic heterocycles. The SMILES string of the molecule is Cc1ccc(N)cc1NC(=O)c1cc2c(C(C)C)nn(C)c2s1. The van der Waals surface area contributed by atoms with E-state index in [1.54, 1.807) is 6.07 Å². The summed E-state index contributed by atoms with van der Waals surface area (Å²) in [4.78, 5) is 14.3. The van der Waals surface area contributed by atoms with Crippen LogP contribution in [0.4, 0.5) is 11.4 Å². The topological polar surface area (TPSA) is 72.9 Å². The number of rotatable bonds is 3. The second kappa shape index (κ2) is 5.70. The maximum absolute atomic E-state index is 12.6. The van der Waals surface area contributed by atoms with E-state index in [1.807, 2.05) is 36.9 Å². The Balaban J connectivity index is 1.95. The lowest BCUT2D eigenvalue weighted by atomic mass is 10.1. The molecular weight excluding hydrogens is 308 g/mol. The van der Waals surface area contributed by atoms with Crippen molar-refractivity contribution in [2.24, 2.45) is 7.05 Å². The zero-order valence-corrected chi connectivity index (χ0v) is 14.5. The van der Waals surface area contributed by atoms with Crippen molar-refractivity contribution in [3.8, 4) is 0 Å². The Morgan fingerprint density at radius 2 is 2.09 bits per heavy atom. The van der Waals surface area contributed by atoms with Gasteiger partial charge in [0.2, 0.25) is 0 Å². The molecule has 0 radical (unpaired) electrons. The number of benzene rings is 1. The largest absolute Gasteiger partial charge is 0.399 e. The fourth-order valence-corrected chi connectivity index (χ4v) is 3.54. The molecule has 120 valence electrons. The highest BCUT2D eigenvalue weighted by atomic mass is 32.1. The van der Waals surface area contributed by atoms with E-state index >= 15 is 0 Å². The summed E-state index contributed by atoms with van der Waals surface area (Å²) in [6, 6.07) is 7.43. The second-order valence-corrected chi connectivity index (χ2v) is 7.05. The van der Waals surface area contributed by atoms with Gasteiger partial charge in [0.05, 0.1) is 10.6 Å². The Morgan fingerprint density at radius 1 is 1.35 bits per heavy atom. The molecule has 1 amide bonds. The van der Waals surface area contributed by atoms with Crippen LogP contribution in [0.1, 0.15) is 40.7 Å². The number of nitrogens with one attached hydrogen (secondary N) is 1. The number of carbonyl (C=O) groups excluding carboxylic acids is 1. The normalized spacial score (nSPS) is 11.3. The summed E-state index contributed by atoms with van der Waals surface area (Å²) < 4.78 is 1.85. The van der Waals surface area contributed by atoms with Crippen molar-refractivity contribution in [1.82, 2.24) is 9.78 Å². The third-order valence-electron chi connectivity index (χ3n) is 3.82. The number of anilines is 2. The monoisotopic (exact) mass is 328 g/mol. The Kier molecular flexibility index (Phi) is 3.85. The molecule has 0 spiro atoms. The first-order chi connectivity index (χ1) is 10.9. The first kappa shape index (κ1) is 15.6. The minimum atomic E-state index is -0.116. The first-order valence-electron chi connectivity index (χ1n) is 7.50. The van der Waals surface area contributed by atoms with Crippen LogP contribution in [0.25, 0.3) is 10.2 Å². The molecule has 6 heteroatoms. The molecule has 3 N–H and O–H groups in total. The molecule has 0 fully saturated rings. The van der Waals surface area contributed by atoms with Gasteiger partial charge in [-0.3, -0.25) is 9.48 Å². The average Bonchev–Trinajstić information content (AvgIpc) is 3.04. The molecule has 23 heavy (non-hydrogen) atoms. The smallest absolute Gasteiger partial charge is 0.265 e. The third kappa shape index (κ3) is 2.82. The maximum atomic E-state index is 12.6. The number of nitrogen functional groups attached to an aromatic ring is 1. The summed E-state index contributed by atoms with van der Waals surface area (Å²) in [6.07, 6.45) is 0. The molecule has 1 aromatic carbocycles. The van der Waals surface area contributed by atoms with Crippen molar-refractivity contribution in [3.05, 3.63) is 40.4 Å². The van der Waals surface area contributed by atoms with Crippen LogP contribution in [-0.4, -0.2) is 15.7 Å². The van der Waals surface area contributed by atoms with Crippen molar-refractivity contribution in [1.29, 1.82) is 0 Å². The van der Waals surface area contributed by atoms with Gasteiger partial charge in [0.1, 0.15) is 4.83 Å². The van der Waals surface area contributed by atoms with Crippen molar-refractivity contribution in [2.45, 2.75) is 26.7 Å². The number of carbonyl (C=O) groups is 1. The van der Waals surface area contributed by atoms with Gasteiger partial charge in [-0.05, 0) is 36.6 Å². The van der Waals surface area contributed by atoms with Crippen LogP contribution in [0.2, 0.25) is 0 Å². The fourth-order valence-electron chi connectivity index (χ4n) is 2.56. The van der Waals surface area contributed by atoms with Gasteiger partial charge in [0.15, 0.2) is 0 Å². The molecule has 0 atom stereocenters. The molecule has 0 saturated carbocycles. The molecule has 2 heterocycles. The van der Waals surface area contributed by atoms with Crippen LogP contribution >= 0.6 is 11.3 Å². The van der Waals surface area contributed by atoms with Gasteiger partial charge in [-0.15, -0.1) is 11.3 Å². The van der Waals surface area contributed by atoms with Gasteiger partial charge in [-0.2, -0.15) is 5.10 Å². The van der Waals surface area contributed by atoms with Crippen LogP contribution in [0.3, 0.4) is 0 Å². The third-order valence-corrected chi connectivity index (χ3v) is 5.02. The molecule has 0 saturated heterocycles. The van der Waals surface area contributed by atoms with Crippen molar-refractivity contribution in [3.63, 3.8) is 0 Å². The number of nitrogens with two attached hydrogens (primary N) is 1. The van der Waals surface area contributed by atoms with Crippen molar-refractivity contribution < 1.29 is 4.79 Å². The van der Waals surface area contributed by atoms with E-state index in [1.165, 1.54) is 11.3 Å². The lowest BCUT2D eigenvalue weighted by Crippen LogP contribution is -2.11. The van der Waals surface area contributed by atoms with E-state index < -0.39 is 0 Å². The van der Waals surface area contributed by atoms with Crippen LogP contribution in [-0.2, 0) is 7.05 Å². The Hall–Kier alpha value is -2.34. The summed E-state index contributed by atoms with van der Waals surface area (Å²) >= 11 is 1.46. The minimum absolute atomic E-state index is 0.116. The van der Waals surface area contributed by atoms with E-state index in [2.05, 4.69) is 24.3 Å². The number of aromatic nitrogens is 2. The highest BCUT2D eigenvalue weighted by Crippen LogP contribution is 2.32. The average molecular weight is 328 g/mol. The number of hydrogen-bond donors (Lipinski definition) is 2. The Bertz CT molecular complexity index is 892. The molecule has 5 nitrogen and oxygen atoms in total. The van der Waals surface area contributed by atoms with Gasteiger partial charge >= 0.3 is 0 Å². The minimum Gasteiger partial charge on any atom is -0.399 e. The molecule has 0 aliphatic carbocycles. The number of nitrogens with zero attached hydrogens (tertiary/aromatic N) is 2. The number of amides is 1. The van der Waals surface area contributed by atoms with Crippen LogP contribution in [0.15, 0.2) is 24.3 Å². The zero-order chi connectivity index (χ0) is 16.7. The van der Waals surface area contributed by atoms with Gasteiger partial charge < -0.3 is 11.1 Å². The van der Waals surface area contributed by atoms with E-state index in [4.69, 9.17) is 5.73 Å². The van der Waals surface area contributed by atoms with Crippen LogP contribution in [0, 0.1) is 6.92 Å². The number of aryl methyl sites for hydroxylation is 2. The highest BCUT2D eigenvalue weighted by Gasteiger charge is 2.18. The number of hydrogen-bond acceptors (Lipinski definition) is 4. The van der Waals surface area contributed by atoms with Crippen molar-refractivity contribution in [2.75, 3.05) is 11.1 Å². The summed E-state index contributed by atoms with van der Waals surface area (Å²) in [5.41, 5.74) is 9.19. The predicted octanol–water partition coefficient (Wildman–Crippen LogP) is 3.90. The van der Waals surface area contributed by atoms with Gasteiger partial charge in [0, 0.05) is 23.8 Å². The number of fused-ring (bicyclic) bond motifs is 1. The van der Waals surface area contributed by atoms with E-state index in [0.29, 0.717) is 16.5 Å². The molecule has 0 unspecified atom stereocenters. The van der Waals surface area contributed by atoms with E-state index in [-0.39, 0.29) is 5.91 Å². The molecule has 0 bridgehead atoms. The van der Waals surface area contributed by atoms with Gasteiger partial charge in [0.25, 0.3) is 5.91 Å². The van der Waals surface area contributed by atoms with Crippen LogP contribution < -0.4 is 11.1 Å². The molecule has 3 aromatic rings. The standard InChI is InChI=1S/C17H20N4OS/c1-9(2)15-12-8-14(23-17(12)21(4)20-15)16(22)19-13-7-11(18)6-5-10(13)3/h5-9H,18H2,1-4H3,(H,19,22). The first-order valence-corrected chi connectivity index (χ1v) is 8.32. The predicted molar refractivity (Wildman–Crippen MR) is 96.2 cm³/mol. The fraction of sp³-hybridized carbons (Fsp3) is 0.294. The quantitative estimate of drug-likeness (QED) is 0.716. The Morgan fingerprint density at radius 3 is 2.78 bits per heavy atom. The highest BCUT2D eigenvalue weighted by molar-refractivity contribution is 7.20. The zero-order valence-electron chi connectivity index (χ0n) is 13.7. The summed E-state index contributed by atoms with van der Waals surface area (Å²) in [5, 5.41) is 8.54. The van der Waals surface area contributed by atoms with Gasteiger partial charge in [-0.1, -0.05) is 19.9 Å². The molecule has 0 aliphatic heterocycles. The second-order valence-electron chi connectivity index (χ2n) is 6.02. The van der Waals surface area contributed by atoms with Crippen LogP contribution in [0.5, 0.6) is 0 Å². The molecule has 0 aliphatic rings. The van der Waals surface area contributed by atoms with Crippen molar-refractivity contribution >= 4 is 38.8 Å². The lowest BCUT2D eigenvalue weighted by molar-refractivity contribution is 0.103. The lowest BCUT2D eigenvalue weighted by Gasteiger charge is -2.08. The van der Waals surface area contributed by atoms with E-state index in [9.17, 15) is 4.79 Å². The van der Waals surface area contributed by atoms with E-state index in [0.717, 1.165) is 27.2 Å². The summed E-state index contributed by atoms with van der Waals surface area (Å²) in [6.45, 7) is 6.16. The van der Waals surface area contributed by atoms with Gasteiger partial charge in [-0.25, -0.2) is 0 Å². The summed E-state index contributed by atoms with van der Waals surface area (Å²) in [5.74, 6) is 0.204. The maximum Gasteiger partial charge on any atom is 0.265 e. The number of thiophene rings is 1. The molecule has 3 rings (SSSR count). The Labute approximate surface area is 139 Å². The molecular formula is C17H20N4OS. The summed E-state index contributed by atoms with van der Waals surface area (Å²) in [7, 11) is 1.91.